The standard InChI is InChI=1S/C28H37F3O4/c1-4-5-6-7-8-9-10-18-34-26-17-16-25(35-21-28(29,30)31)20-24(26)15-14-22(2)12-11-13-23(3)19-27(32)33/h11-17,19-20H,4-10,18,21H2,1-3H3,(H,32,33). The van der Waals surface area contributed by atoms with Crippen molar-refractivity contribution in [1.82, 2.24) is 0 Å². The maximum Gasteiger partial charge on any atom is 0.422 e. The number of hydrogen-bond acceptors (Lipinski definition) is 3. The summed E-state index contributed by atoms with van der Waals surface area (Å²) >= 11 is 0. The number of ether oxygens (including phenoxy) is 2. The molecule has 0 spiro atoms. The Balaban J connectivity index is 2.85. The first-order chi connectivity index (χ1) is 16.6. The van der Waals surface area contributed by atoms with E-state index in [9.17, 15) is 18.0 Å². The van der Waals surface area contributed by atoms with Gasteiger partial charge in [0.15, 0.2) is 6.61 Å². The molecule has 0 aliphatic rings. The van der Waals surface area contributed by atoms with Crippen LogP contribution in [0.15, 0.2) is 59.7 Å². The number of halogens is 3. The number of rotatable bonds is 16. The Kier molecular flexibility index (Phi) is 14.3. The van der Waals surface area contributed by atoms with Gasteiger partial charge < -0.3 is 14.6 Å². The predicted octanol–water partition coefficient (Wildman–Crippen LogP) is 8.30. The summed E-state index contributed by atoms with van der Waals surface area (Å²) in [4.78, 5) is 10.7. The Bertz CT molecular complexity index is 896. The van der Waals surface area contributed by atoms with Gasteiger partial charge in [0.2, 0.25) is 0 Å². The third-order valence-electron chi connectivity index (χ3n) is 4.98. The van der Waals surface area contributed by atoms with Crippen molar-refractivity contribution in [2.75, 3.05) is 13.2 Å². The molecule has 0 saturated heterocycles. The summed E-state index contributed by atoms with van der Waals surface area (Å²) in [6.07, 6.45) is 13.6. The van der Waals surface area contributed by atoms with E-state index in [2.05, 4.69) is 6.92 Å². The Morgan fingerprint density at radius 3 is 2.31 bits per heavy atom. The average molecular weight is 495 g/mol. The Morgan fingerprint density at radius 2 is 1.66 bits per heavy atom. The molecule has 0 saturated carbocycles. The van der Waals surface area contributed by atoms with Crippen molar-refractivity contribution in [3.8, 4) is 11.5 Å². The highest BCUT2D eigenvalue weighted by molar-refractivity contribution is 5.81. The Hall–Kier alpha value is -2.96. The fourth-order valence-electron chi connectivity index (χ4n) is 3.16. The average Bonchev–Trinajstić information content (AvgIpc) is 2.77. The van der Waals surface area contributed by atoms with Crippen molar-refractivity contribution in [2.24, 2.45) is 0 Å². The second-order valence-electron chi connectivity index (χ2n) is 8.40. The van der Waals surface area contributed by atoms with Crippen molar-refractivity contribution in [2.45, 2.75) is 71.9 Å². The maximum absolute atomic E-state index is 12.5. The molecule has 0 unspecified atom stereocenters. The third-order valence-corrected chi connectivity index (χ3v) is 4.98. The number of alkyl halides is 3. The zero-order chi connectivity index (χ0) is 26.1. The molecule has 0 atom stereocenters. The van der Waals surface area contributed by atoms with Crippen LogP contribution in [0, 0.1) is 0 Å². The molecule has 0 radical (unpaired) electrons. The molecule has 0 fully saturated rings. The predicted molar refractivity (Wildman–Crippen MR) is 135 cm³/mol. The SMILES string of the molecule is CCCCCCCCCOc1ccc(OCC(F)(F)F)cc1C=CC(C)=CC=CC(C)=CC(=O)O. The van der Waals surface area contributed by atoms with Crippen molar-refractivity contribution >= 4 is 12.0 Å². The largest absolute Gasteiger partial charge is 0.493 e. The second kappa shape index (κ2) is 16.6. The van der Waals surface area contributed by atoms with Gasteiger partial charge in [-0.1, -0.05) is 81.4 Å². The number of hydrogen-bond donors (Lipinski definition) is 1. The van der Waals surface area contributed by atoms with Crippen LogP contribution in [0.2, 0.25) is 0 Å². The lowest BCUT2D eigenvalue weighted by molar-refractivity contribution is -0.153. The lowest BCUT2D eigenvalue weighted by Gasteiger charge is -2.13. The van der Waals surface area contributed by atoms with Crippen LogP contribution in [-0.2, 0) is 4.79 Å². The third kappa shape index (κ3) is 15.5. The number of benzene rings is 1. The van der Waals surface area contributed by atoms with Gasteiger partial charge in [-0.2, -0.15) is 13.2 Å². The van der Waals surface area contributed by atoms with Gasteiger partial charge in [0.05, 0.1) is 6.61 Å². The topological polar surface area (TPSA) is 55.8 Å². The highest BCUT2D eigenvalue weighted by Crippen LogP contribution is 2.28. The summed E-state index contributed by atoms with van der Waals surface area (Å²) in [5.74, 6) is -0.319. The van der Waals surface area contributed by atoms with E-state index in [4.69, 9.17) is 14.6 Å². The fraction of sp³-hybridized carbons (Fsp3) is 0.464. The summed E-state index contributed by atoms with van der Waals surface area (Å²) in [6.45, 7) is 4.91. The maximum atomic E-state index is 12.5. The molecule has 0 heterocycles. The minimum Gasteiger partial charge on any atom is -0.493 e. The fourth-order valence-corrected chi connectivity index (χ4v) is 3.16. The monoisotopic (exact) mass is 494 g/mol. The molecule has 0 bridgehead atoms. The summed E-state index contributed by atoms with van der Waals surface area (Å²) in [5.41, 5.74) is 2.08. The first kappa shape index (κ1) is 30.1. The van der Waals surface area contributed by atoms with Crippen LogP contribution in [0.5, 0.6) is 11.5 Å². The molecule has 0 amide bonds. The van der Waals surface area contributed by atoms with Crippen molar-refractivity contribution in [1.29, 1.82) is 0 Å². The molecular weight excluding hydrogens is 457 g/mol. The smallest absolute Gasteiger partial charge is 0.422 e. The molecule has 0 aliphatic heterocycles. The number of aliphatic carboxylic acids is 1. The van der Waals surface area contributed by atoms with E-state index >= 15 is 0 Å². The summed E-state index contributed by atoms with van der Waals surface area (Å²) in [5, 5.41) is 8.75. The molecule has 1 aromatic carbocycles. The van der Waals surface area contributed by atoms with Crippen LogP contribution in [0.1, 0.15) is 71.3 Å². The van der Waals surface area contributed by atoms with Gasteiger partial charge in [0.1, 0.15) is 11.5 Å². The summed E-state index contributed by atoms with van der Waals surface area (Å²) in [6, 6.07) is 4.64. The van der Waals surface area contributed by atoms with Crippen molar-refractivity contribution < 1.29 is 32.5 Å². The van der Waals surface area contributed by atoms with Gasteiger partial charge in [0, 0.05) is 11.6 Å². The number of allylic oxidation sites excluding steroid dienone is 6. The van der Waals surface area contributed by atoms with E-state index in [-0.39, 0.29) is 5.75 Å². The van der Waals surface area contributed by atoms with Gasteiger partial charge in [-0.15, -0.1) is 0 Å². The molecule has 0 aliphatic carbocycles. The first-order valence-corrected chi connectivity index (χ1v) is 12.0. The lowest BCUT2D eigenvalue weighted by atomic mass is 10.1. The van der Waals surface area contributed by atoms with Gasteiger partial charge in [-0.05, 0) is 44.0 Å². The highest BCUT2D eigenvalue weighted by Gasteiger charge is 2.28. The molecule has 4 nitrogen and oxygen atoms in total. The number of carboxylic acid groups (broad SMARTS) is 1. The molecule has 1 rings (SSSR count). The van der Waals surface area contributed by atoms with Crippen LogP contribution in [0.25, 0.3) is 6.08 Å². The zero-order valence-electron chi connectivity index (χ0n) is 20.9. The molecule has 194 valence electrons. The normalized spacial score (nSPS) is 13.1. The van der Waals surface area contributed by atoms with Crippen LogP contribution in [0.3, 0.4) is 0 Å². The van der Waals surface area contributed by atoms with E-state index in [0.717, 1.165) is 24.5 Å². The minimum atomic E-state index is -4.42. The Labute approximate surface area is 206 Å². The quantitative estimate of drug-likeness (QED) is 0.143. The molecule has 1 N–H and O–H groups in total. The first-order valence-electron chi connectivity index (χ1n) is 12.0. The number of unbranched alkanes of at least 4 members (excludes halogenated alkanes) is 6. The Morgan fingerprint density at radius 1 is 0.971 bits per heavy atom. The minimum absolute atomic E-state index is 0.112. The number of carbonyl (C=O) groups is 1. The molecular formula is C28H37F3O4. The van der Waals surface area contributed by atoms with Crippen LogP contribution in [-0.4, -0.2) is 30.5 Å². The van der Waals surface area contributed by atoms with Crippen LogP contribution >= 0.6 is 0 Å². The highest BCUT2D eigenvalue weighted by atomic mass is 19.4. The van der Waals surface area contributed by atoms with Crippen LogP contribution in [0.4, 0.5) is 13.2 Å². The van der Waals surface area contributed by atoms with Crippen molar-refractivity contribution in [3.05, 3.63) is 65.3 Å². The van der Waals surface area contributed by atoms with Gasteiger partial charge in [-0.25, -0.2) is 4.79 Å². The van der Waals surface area contributed by atoms with Gasteiger partial charge in [-0.3, -0.25) is 0 Å². The van der Waals surface area contributed by atoms with E-state index < -0.39 is 18.8 Å². The molecule has 7 heteroatoms. The molecule has 1 aromatic rings. The summed E-state index contributed by atoms with van der Waals surface area (Å²) in [7, 11) is 0. The molecule has 0 aromatic heterocycles. The van der Waals surface area contributed by atoms with E-state index in [0.29, 0.717) is 23.5 Å². The van der Waals surface area contributed by atoms with E-state index in [1.807, 2.05) is 13.0 Å². The van der Waals surface area contributed by atoms with Crippen molar-refractivity contribution in [3.63, 3.8) is 0 Å². The lowest BCUT2D eigenvalue weighted by Crippen LogP contribution is -2.19. The van der Waals surface area contributed by atoms with E-state index in [1.54, 1.807) is 37.3 Å². The summed E-state index contributed by atoms with van der Waals surface area (Å²) < 4.78 is 48.4. The van der Waals surface area contributed by atoms with Gasteiger partial charge >= 0.3 is 12.1 Å². The zero-order valence-corrected chi connectivity index (χ0v) is 20.9. The molecule has 35 heavy (non-hydrogen) atoms. The number of carboxylic acids is 1. The van der Waals surface area contributed by atoms with Crippen LogP contribution < -0.4 is 9.47 Å². The van der Waals surface area contributed by atoms with E-state index in [1.165, 1.54) is 44.2 Å². The second-order valence-corrected chi connectivity index (χ2v) is 8.40. The van der Waals surface area contributed by atoms with Gasteiger partial charge in [0.25, 0.3) is 0 Å².